The van der Waals surface area contributed by atoms with Crippen LogP contribution in [0.4, 0.5) is 4.79 Å². The molecule has 0 aromatic carbocycles. The van der Waals surface area contributed by atoms with Crippen molar-refractivity contribution in [3.8, 4) is 0 Å². The molecule has 0 aliphatic rings. The Kier molecular flexibility index (Phi) is 6.63. The highest BCUT2D eigenvalue weighted by atomic mass is 16.6. The molecule has 1 unspecified atom stereocenters. The predicted molar refractivity (Wildman–Crippen MR) is 72.8 cm³/mol. The molecule has 0 bridgehead atoms. The highest BCUT2D eigenvalue weighted by molar-refractivity contribution is 5.68. The minimum absolute atomic E-state index is 0.245. The maximum Gasteiger partial charge on any atom is 0.408 e. The number of carbonyl (C=O) groups excluding carboxylic acids is 1. The number of hydrogen-bond acceptors (Lipinski definition) is 4. The van der Waals surface area contributed by atoms with Gasteiger partial charge in [0.1, 0.15) is 5.60 Å². The van der Waals surface area contributed by atoms with Crippen molar-refractivity contribution in [3.63, 3.8) is 0 Å². The fraction of sp³-hybridized carbons (Fsp3) is 0.923. The van der Waals surface area contributed by atoms with E-state index in [4.69, 9.17) is 9.47 Å². The molecule has 0 fully saturated rings. The zero-order chi connectivity index (χ0) is 14.4. The summed E-state index contributed by atoms with van der Waals surface area (Å²) in [6.45, 7) is 12.8. The minimum atomic E-state index is -0.475. The molecule has 0 aliphatic carbocycles. The van der Waals surface area contributed by atoms with Crippen molar-refractivity contribution in [1.82, 2.24) is 10.6 Å². The van der Waals surface area contributed by atoms with Crippen LogP contribution in [-0.2, 0) is 9.47 Å². The van der Waals surface area contributed by atoms with Crippen LogP contribution in [0.3, 0.4) is 0 Å². The van der Waals surface area contributed by atoms with Gasteiger partial charge in [0.25, 0.3) is 0 Å². The van der Waals surface area contributed by atoms with Gasteiger partial charge in [0.05, 0.1) is 12.1 Å². The van der Waals surface area contributed by atoms with Crippen LogP contribution in [0.1, 0.15) is 41.5 Å². The zero-order valence-corrected chi connectivity index (χ0v) is 12.7. The Bertz CT molecular complexity index is 259. The molecule has 0 aromatic heterocycles. The topological polar surface area (TPSA) is 59.6 Å². The van der Waals surface area contributed by atoms with Crippen molar-refractivity contribution in [2.24, 2.45) is 0 Å². The van der Waals surface area contributed by atoms with Crippen molar-refractivity contribution in [3.05, 3.63) is 0 Å². The van der Waals surface area contributed by atoms with Gasteiger partial charge in [-0.05, 0) is 41.5 Å². The fourth-order valence-electron chi connectivity index (χ4n) is 1.36. The van der Waals surface area contributed by atoms with E-state index >= 15 is 0 Å². The lowest BCUT2D eigenvalue weighted by Crippen LogP contribution is -2.53. The molecular weight excluding hydrogens is 232 g/mol. The summed E-state index contributed by atoms with van der Waals surface area (Å²) in [4.78, 5) is 11.7. The van der Waals surface area contributed by atoms with Crippen molar-refractivity contribution in [1.29, 1.82) is 0 Å². The largest absolute Gasteiger partial charge is 0.444 e. The highest BCUT2D eigenvalue weighted by Gasteiger charge is 2.24. The van der Waals surface area contributed by atoms with Crippen LogP contribution >= 0.6 is 0 Å². The molecule has 0 rings (SSSR count). The van der Waals surface area contributed by atoms with E-state index in [2.05, 4.69) is 10.6 Å². The van der Waals surface area contributed by atoms with Crippen LogP contribution in [0.2, 0.25) is 0 Å². The second-order valence-corrected chi connectivity index (χ2v) is 6.25. The summed E-state index contributed by atoms with van der Waals surface area (Å²) in [5, 5.41) is 6.14. The minimum Gasteiger partial charge on any atom is -0.444 e. The van der Waals surface area contributed by atoms with Crippen molar-refractivity contribution < 1.29 is 14.3 Å². The van der Waals surface area contributed by atoms with E-state index in [9.17, 15) is 4.79 Å². The first-order valence-corrected chi connectivity index (χ1v) is 6.29. The van der Waals surface area contributed by atoms with Gasteiger partial charge in [0, 0.05) is 19.7 Å². The Morgan fingerprint density at radius 2 is 1.78 bits per heavy atom. The van der Waals surface area contributed by atoms with Gasteiger partial charge in [0.15, 0.2) is 0 Å². The molecule has 5 nitrogen and oxygen atoms in total. The second-order valence-electron chi connectivity index (χ2n) is 6.25. The first kappa shape index (κ1) is 17.2. The average Bonchev–Trinajstić information content (AvgIpc) is 2.11. The third kappa shape index (κ3) is 9.24. The van der Waals surface area contributed by atoms with Gasteiger partial charge in [-0.1, -0.05) is 0 Å². The lowest BCUT2D eigenvalue weighted by Gasteiger charge is -2.30. The van der Waals surface area contributed by atoms with Gasteiger partial charge in [-0.15, -0.1) is 0 Å². The number of hydrogen-bond donors (Lipinski definition) is 2. The van der Waals surface area contributed by atoms with Crippen molar-refractivity contribution >= 4 is 6.09 Å². The number of nitrogens with one attached hydrogen (secondary N) is 2. The summed E-state index contributed by atoms with van der Waals surface area (Å²) in [6.07, 6.45) is -0.395. The van der Waals surface area contributed by atoms with Crippen LogP contribution in [0.15, 0.2) is 0 Å². The highest BCUT2D eigenvalue weighted by Crippen LogP contribution is 2.09. The van der Waals surface area contributed by atoms with E-state index in [-0.39, 0.29) is 11.6 Å². The summed E-state index contributed by atoms with van der Waals surface area (Å²) in [5.74, 6) is 0. The Morgan fingerprint density at radius 3 is 2.22 bits per heavy atom. The van der Waals surface area contributed by atoms with Crippen LogP contribution in [-0.4, -0.2) is 43.5 Å². The molecule has 18 heavy (non-hydrogen) atoms. The molecule has 0 heterocycles. The van der Waals surface area contributed by atoms with E-state index in [1.54, 1.807) is 7.11 Å². The molecule has 0 aromatic rings. The van der Waals surface area contributed by atoms with Gasteiger partial charge in [-0.25, -0.2) is 4.79 Å². The summed E-state index contributed by atoms with van der Waals surface area (Å²) >= 11 is 0. The number of amides is 1. The van der Waals surface area contributed by atoms with Crippen LogP contribution in [0, 0.1) is 0 Å². The molecule has 0 aliphatic heterocycles. The van der Waals surface area contributed by atoms with Crippen LogP contribution in [0.25, 0.3) is 0 Å². The quantitative estimate of drug-likeness (QED) is 0.766. The number of rotatable bonds is 6. The molecule has 2 N–H and O–H groups in total. The number of ether oxygens (including phenoxy) is 2. The summed E-state index contributed by atoms with van der Waals surface area (Å²) < 4.78 is 10.3. The Balaban J connectivity index is 4.10. The molecule has 0 spiro atoms. The van der Waals surface area contributed by atoms with Crippen molar-refractivity contribution in [2.75, 3.05) is 20.3 Å². The lowest BCUT2D eigenvalue weighted by atomic mass is 10.1. The Hall–Kier alpha value is -0.810. The SMILES string of the molecule is COCC(C)NCC(C)(C)NC(=O)OC(C)(C)C. The number of methoxy groups -OCH3 is 1. The number of carbonyl (C=O) groups is 1. The van der Waals surface area contributed by atoms with Gasteiger partial charge in [-0.3, -0.25) is 0 Å². The van der Waals surface area contributed by atoms with E-state index in [1.807, 2.05) is 41.5 Å². The molecule has 1 amide bonds. The second kappa shape index (κ2) is 6.95. The maximum absolute atomic E-state index is 11.7. The first-order valence-electron chi connectivity index (χ1n) is 6.29. The van der Waals surface area contributed by atoms with E-state index in [1.165, 1.54) is 0 Å². The first-order chi connectivity index (χ1) is 8.06. The van der Waals surface area contributed by atoms with Gasteiger partial charge >= 0.3 is 6.09 Å². The molecule has 0 saturated carbocycles. The summed E-state index contributed by atoms with van der Waals surface area (Å²) in [6, 6.07) is 0.245. The normalized spacial score (nSPS) is 14.2. The maximum atomic E-state index is 11.7. The molecule has 108 valence electrons. The Labute approximate surface area is 111 Å². The third-order valence-electron chi connectivity index (χ3n) is 2.15. The Morgan fingerprint density at radius 1 is 1.22 bits per heavy atom. The lowest BCUT2D eigenvalue weighted by molar-refractivity contribution is 0.0469. The van der Waals surface area contributed by atoms with Crippen molar-refractivity contribution in [2.45, 2.75) is 58.7 Å². The molecule has 0 radical (unpaired) electrons. The van der Waals surface area contributed by atoms with E-state index < -0.39 is 11.7 Å². The van der Waals surface area contributed by atoms with Gasteiger partial charge in [-0.2, -0.15) is 0 Å². The average molecular weight is 260 g/mol. The summed E-state index contributed by atoms with van der Waals surface area (Å²) in [5.41, 5.74) is -0.846. The van der Waals surface area contributed by atoms with Gasteiger partial charge < -0.3 is 20.1 Å². The standard InChI is InChI=1S/C13H28N2O3/c1-10(8-17-7)14-9-13(5,6)15-11(16)18-12(2,3)4/h10,14H,8-9H2,1-7H3,(H,15,16). The van der Waals surface area contributed by atoms with Crippen LogP contribution in [0.5, 0.6) is 0 Å². The van der Waals surface area contributed by atoms with E-state index in [0.717, 1.165) is 0 Å². The molecule has 1 atom stereocenters. The van der Waals surface area contributed by atoms with E-state index in [0.29, 0.717) is 13.2 Å². The van der Waals surface area contributed by atoms with Gasteiger partial charge in [0.2, 0.25) is 0 Å². The monoisotopic (exact) mass is 260 g/mol. The molecule has 0 saturated heterocycles. The fourth-order valence-corrected chi connectivity index (χ4v) is 1.36. The summed E-state index contributed by atoms with van der Waals surface area (Å²) in [7, 11) is 1.67. The predicted octanol–water partition coefficient (Wildman–Crippen LogP) is 1.91. The smallest absolute Gasteiger partial charge is 0.408 e. The number of alkyl carbamates (subject to hydrolysis) is 1. The zero-order valence-electron chi connectivity index (χ0n) is 12.7. The van der Waals surface area contributed by atoms with Crippen LogP contribution < -0.4 is 10.6 Å². The third-order valence-corrected chi connectivity index (χ3v) is 2.15. The molecule has 5 heteroatoms. The molecular formula is C13H28N2O3.